The molecule has 3 rings (SSSR count). The van der Waals surface area contributed by atoms with Crippen LogP contribution >= 0.6 is 0 Å². The second kappa shape index (κ2) is 4.29. The summed E-state index contributed by atoms with van der Waals surface area (Å²) in [5.41, 5.74) is 6.94. The number of aryl methyl sites for hydroxylation is 2. The summed E-state index contributed by atoms with van der Waals surface area (Å²) in [6, 6.07) is 2.52. The van der Waals surface area contributed by atoms with Gasteiger partial charge in [-0.1, -0.05) is 51.4 Å². The molecular formula is C13H17Ti-. The van der Waals surface area contributed by atoms with Crippen LogP contribution in [-0.4, -0.2) is 0 Å². The van der Waals surface area contributed by atoms with Crippen LogP contribution in [0, 0.1) is 0 Å². The van der Waals surface area contributed by atoms with E-state index in [1.165, 1.54) is 51.4 Å². The fourth-order valence-electron chi connectivity index (χ4n) is 3.08. The molecule has 0 atom stereocenters. The number of rotatable bonds is 0. The van der Waals surface area contributed by atoms with E-state index < -0.39 is 0 Å². The van der Waals surface area contributed by atoms with Gasteiger partial charge in [-0.2, -0.15) is 28.3 Å². The molecule has 1 aromatic carbocycles. The number of fused-ring (bicyclic) bond motifs is 3. The smallest absolute Gasteiger partial charge is 0 e. The van der Waals surface area contributed by atoms with Crippen LogP contribution < -0.4 is 0 Å². The zero-order chi connectivity index (χ0) is 8.67. The molecule has 0 bridgehead atoms. The first-order valence-corrected chi connectivity index (χ1v) is 5.74. The predicted octanol–water partition coefficient (Wildman–Crippen LogP) is 3.16. The van der Waals surface area contributed by atoms with Crippen LogP contribution in [0.3, 0.4) is 0 Å². The van der Waals surface area contributed by atoms with Crippen molar-refractivity contribution in [2.75, 3.05) is 0 Å². The Morgan fingerprint density at radius 3 is 1.57 bits per heavy atom. The summed E-state index contributed by atoms with van der Waals surface area (Å²) < 4.78 is 0. The molecule has 1 aromatic rings. The summed E-state index contributed by atoms with van der Waals surface area (Å²) in [5.74, 6) is 0. The average molecular weight is 221 g/mol. The van der Waals surface area contributed by atoms with Gasteiger partial charge in [-0.05, 0) is 0 Å². The molecule has 0 amide bonds. The van der Waals surface area contributed by atoms with Crippen LogP contribution in [-0.2, 0) is 47.4 Å². The minimum atomic E-state index is 0. The quantitative estimate of drug-likeness (QED) is 0.466. The van der Waals surface area contributed by atoms with Gasteiger partial charge in [0.15, 0.2) is 0 Å². The fourth-order valence-corrected chi connectivity index (χ4v) is 3.08. The van der Waals surface area contributed by atoms with E-state index in [4.69, 9.17) is 0 Å². The number of hydrogen-bond acceptors (Lipinski definition) is 0. The van der Waals surface area contributed by atoms with Gasteiger partial charge in [-0.15, -0.1) is 0 Å². The second-order valence-electron chi connectivity index (χ2n) is 4.57. The van der Waals surface area contributed by atoms with Gasteiger partial charge in [0.05, 0.1) is 0 Å². The van der Waals surface area contributed by atoms with E-state index in [0.717, 1.165) is 0 Å². The molecule has 0 radical (unpaired) electrons. The van der Waals surface area contributed by atoms with Crippen molar-refractivity contribution in [1.82, 2.24) is 0 Å². The van der Waals surface area contributed by atoms with Crippen molar-refractivity contribution in [3.63, 3.8) is 0 Å². The maximum Gasteiger partial charge on any atom is 0 e. The standard InChI is InChI=1S/C13H17.Ti/c1-3-7-12-10(5-1)9-11-6-2-4-8-13(11)12;/h9H,1-8H2;/q-1;. The Kier molecular flexibility index (Phi) is 3.24. The van der Waals surface area contributed by atoms with Gasteiger partial charge in [0.1, 0.15) is 0 Å². The van der Waals surface area contributed by atoms with Crippen molar-refractivity contribution < 1.29 is 21.7 Å². The summed E-state index contributed by atoms with van der Waals surface area (Å²) in [6.45, 7) is 0. The molecule has 0 unspecified atom stereocenters. The molecule has 14 heavy (non-hydrogen) atoms. The normalized spacial score (nSPS) is 19.4. The Labute approximate surface area is 101 Å². The summed E-state index contributed by atoms with van der Waals surface area (Å²) in [5, 5.41) is 0. The average Bonchev–Trinajstić information content (AvgIpc) is 2.56. The van der Waals surface area contributed by atoms with Gasteiger partial charge in [0, 0.05) is 21.7 Å². The van der Waals surface area contributed by atoms with Crippen molar-refractivity contribution in [1.29, 1.82) is 0 Å². The zero-order valence-electron chi connectivity index (χ0n) is 8.73. The maximum absolute atomic E-state index is 2.52. The van der Waals surface area contributed by atoms with Crippen LogP contribution in [0.1, 0.15) is 47.9 Å². The van der Waals surface area contributed by atoms with Crippen LogP contribution in [0.15, 0.2) is 6.07 Å². The summed E-state index contributed by atoms with van der Waals surface area (Å²) in [7, 11) is 0. The third-order valence-corrected chi connectivity index (χ3v) is 3.73. The number of hydrogen-bond donors (Lipinski definition) is 0. The van der Waals surface area contributed by atoms with Crippen molar-refractivity contribution in [3.05, 3.63) is 28.3 Å². The van der Waals surface area contributed by atoms with Gasteiger partial charge in [0.25, 0.3) is 0 Å². The first kappa shape index (κ1) is 10.6. The fraction of sp³-hybridized carbons (Fsp3) is 0.615. The van der Waals surface area contributed by atoms with Crippen LogP contribution in [0.25, 0.3) is 0 Å². The Balaban J connectivity index is 0.000000750. The van der Waals surface area contributed by atoms with E-state index in [1.54, 1.807) is 22.3 Å². The first-order valence-electron chi connectivity index (χ1n) is 5.74. The van der Waals surface area contributed by atoms with E-state index in [-0.39, 0.29) is 21.7 Å². The molecule has 0 fully saturated rings. The van der Waals surface area contributed by atoms with Crippen LogP contribution in [0.2, 0.25) is 0 Å². The molecule has 74 valence electrons. The van der Waals surface area contributed by atoms with Gasteiger partial charge in [0.2, 0.25) is 0 Å². The molecule has 1 heteroatoms. The molecule has 2 aliphatic carbocycles. The molecular weight excluding hydrogens is 204 g/mol. The Morgan fingerprint density at radius 1 is 0.643 bits per heavy atom. The minimum Gasteiger partial charge on any atom is -0.192 e. The van der Waals surface area contributed by atoms with Crippen molar-refractivity contribution in [3.8, 4) is 0 Å². The molecule has 0 spiro atoms. The summed E-state index contributed by atoms with van der Waals surface area (Å²) in [6.07, 6.45) is 11.2. The third kappa shape index (κ3) is 1.63. The predicted molar refractivity (Wildman–Crippen MR) is 55.3 cm³/mol. The molecule has 0 N–H and O–H groups in total. The van der Waals surface area contributed by atoms with Crippen molar-refractivity contribution >= 4 is 0 Å². The Morgan fingerprint density at radius 2 is 1.07 bits per heavy atom. The molecule has 0 heterocycles. The van der Waals surface area contributed by atoms with Crippen molar-refractivity contribution in [2.24, 2.45) is 0 Å². The van der Waals surface area contributed by atoms with E-state index in [1.807, 2.05) is 0 Å². The van der Waals surface area contributed by atoms with E-state index in [9.17, 15) is 0 Å². The van der Waals surface area contributed by atoms with Gasteiger partial charge < -0.3 is 0 Å². The topological polar surface area (TPSA) is 0 Å². The molecule has 0 nitrogen and oxygen atoms in total. The molecule has 0 saturated heterocycles. The van der Waals surface area contributed by atoms with Gasteiger partial charge >= 0.3 is 0 Å². The second-order valence-corrected chi connectivity index (χ2v) is 4.57. The molecule has 0 aromatic heterocycles. The SMILES string of the molecule is [Ti].[cH-]1c2c(c3c1CCCC3)CCCC2. The van der Waals surface area contributed by atoms with Crippen molar-refractivity contribution in [2.45, 2.75) is 51.4 Å². The van der Waals surface area contributed by atoms with Gasteiger partial charge in [-0.25, -0.2) is 0 Å². The Hall–Kier alpha value is 0.0643. The first-order chi connectivity index (χ1) is 6.45. The maximum atomic E-state index is 2.52. The van der Waals surface area contributed by atoms with Gasteiger partial charge in [-0.3, -0.25) is 0 Å². The monoisotopic (exact) mass is 221 g/mol. The molecule has 2 aliphatic rings. The summed E-state index contributed by atoms with van der Waals surface area (Å²) in [4.78, 5) is 0. The zero-order valence-corrected chi connectivity index (χ0v) is 10.3. The van der Waals surface area contributed by atoms with Crippen LogP contribution in [0.4, 0.5) is 0 Å². The van der Waals surface area contributed by atoms with E-state index in [2.05, 4.69) is 6.07 Å². The van der Waals surface area contributed by atoms with E-state index in [0.29, 0.717) is 0 Å². The molecule has 0 aliphatic heterocycles. The van der Waals surface area contributed by atoms with E-state index >= 15 is 0 Å². The van der Waals surface area contributed by atoms with Crippen LogP contribution in [0.5, 0.6) is 0 Å². The summed E-state index contributed by atoms with van der Waals surface area (Å²) >= 11 is 0. The third-order valence-electron chi connectivity index (χ3n) is 3.73. The minimum absolute atomic E-state index is 0. The largest absolute Gasteiger partial charge is 0.192 e. The molecule has 0 saturated carbocycles. The Bertz CT molecular complexity index is 292.